The van der Waals surface area contributed by atoms with Gasteiger partial charge in [-0.25, -0.2) is 9.18 Å². The van der Waals surface area contributed by atoms with Crippen LogP contribution in [0.3, 0.4) is 0 Å². The van der Waals surface area contributed by atoms with E-state index in [9.17, 15) is 9.18 Å². The summed E-state index contributed by atoms with van der Waals surface area (Å²) in [7, 11) is 0. The molecule has 0 saturated carbocycles. The molecule has 25 heavy (non-hydrogen) atoms. The lowest BCUT2D eigenvalue weighted by Crippen LogP contribution is -2.48. The van der Waals surface area contributed by atoms with E-state index >= 15 is 0 Å². The molecule has 132 valence electrons. The maximum Gasteiger partial charge on any atom is 0.317 e. The molecule has 2 amide bonds. The third kappa shape index (κ3) is 4.89. The Kier molecular flexibility index (Phi) is 5.42. The van der Waals surface area contributed by atoms with E-state index < -0.39 is 0 Å². The average molecular weight is 344 g/mol. The molecule has 7 heteroatoms. The Hall–Kier alpha value is -2.70. The molecule has 3 rings (SSSR count). The summed E-state index contributed by atoms with van der Waals surface area (Å²) in [5.74, 6) is 0.189. The fourth-order valence-corrected chi connectivity index (χ4v) is 2.73. The number of piperidine rings is 1. The number of carbonyl (C=O) groups excluding carboxylic acids is 1. The Morgan fingerprint density at radius 2 is 2.08 bits per heavy atom. The highest BCUT2D eigenvalue weighted by molar-refractivity contribution is 5.74. The number of nitrogens with zero attached hydrogens (tertiary/aromatic N) is 3. The zero-order valence-electron chi connectivity index (χ0n) is 14.1. The maximum absolute atomic E-state index is 12.9. The van der Waals surface area contributed by atoms with Crippen LogP contribution in [0.4, 0.5) is 9.18 Å². The zero-order valence-corrected chi connectivity index (χ0v) is 14.1. The van der Waals surface area contributed by atoms with Crippen molar-refractivity contribution in [3.05, 3.63) is 53.5 Å². The van der Waals surface area contributed by atoms with Crippen LogP contribution >= 0.6 is 0 Å². The van der Waals surface area contributed by atoms with Gasteiger partial charge in [-0.15, -0.1) is 5.10 Å². The largest absolute Gasteiger partial charge is 0.471 e. The van der Waals surface area contributed by atoms with Crippen LogP contribution in [0.2, 0.25) is 0 Å². The van der Waals surface area contributed by atoms with Crippen LogP contribution in [0.1, 0.15) is 24.1 Å². The van der Waals surface area contributed by atoms with E-state index in [4.69, 9.17) is 4.74 Å². The SMILES string of the molecule is Cc1ccc(OC2CCCN(C(=O)NCc3ccc(F)cc3)C2)nn1. The van der Waals surface area contributed by atoms with Gasteiger partial charge in [-0.3, -0.25) is 0 Å². The second kappa shape index (κ2) is 7.92. The Morgan fingerprint density at radius 3 is 2.80 bits per heavy atom. The first kappa shape index (κ1) is 17.1. The van der Waals surface area contributed by atoms with Gasteiger partial charge < -0.3 is 15.0 Å². The van der Waals surface area contributed by atoms with Crippen molar-refractivity contribution >= 4 is 6.03 Å². The topological polar surface area (TPSA) is 67.3 Å². The number of carbonyl (C=O) groups is 1. The van der Waals surface area contributed by atoms with E-state index in [-0.39, 0.29) is 18.0 Å². The van der Waals surface area contributed by atoms with E-state index in [1.807, 2.05) is 13.0 Å². The first-order valence-electron chi connectivity index (χ1n) is 8.34. The van der Waals surface area contributed by atoms with Gasteiger partial charge in [0.2, 0.25) is 5.88 Å². The number of hydrogen-bond donors (Lipinski definition) is 1. The molecule has 0 aliphatic carbocycles. The van der Waals surface area contributed by atoms with Crippen LogP contribution in [0.5, 0.6) is 5.88 Å². The van der Waals surface area contributed by atoms with Crippen molar-refractivity contribution in [3.63, 3.8) is 0 Å². The fourth-order valence-electron chi connectivity index (χ4n) is 2.73. The molecule has 1 fully saturated rings. The number of aromatic nitrogens is 2. The number of nitrogens with one attached hydrogen (secondary N) is 1. The minimum atomic E-state index is -0.287. The normalized spacial score (nSPS) is 17.2. The Morgan fingerprint density at radius 1 is 1.28 bits per heavy atom. The lowest BCUT2D eigenvalue weighted by molar-refractivity contribution is 0.0968. The summed E-state index contributed by atoms with van der Waals surface area (Å²) in [6, 6.07) is 9.58. The van der Waals surface area contributed by atoms with Gasteiger partial charge in [0.1, 0.15) is 11.9 Å². The van der Waals surface area contributed by atoms with Gasteiger partial charge in [0.25, 0.3) is 0 Å². The standard InChI is InChI=1S/C18H21FN4O2/c1-13-4-9-17(22-21-13)25-16-3-2-10-23(12-16)18(24)20-11-14-5-7-15(19)8-6-14/h4-9,16H,2-3,10-12H2,1H3,(H,20,24). The third-order valence-electron chi connectivity index (χ3n) is 4.08. The minimum Gasteiger partial charge on any atom is -0.471 e. The first-order valence-corrected chi connectivity index (χ1v) is 8.34. The molecule has 1 atom stereocenters. The van der Waals surface area contributed by atoms with E-state index in [0.717, 1.165) is 24.1 Å². The number of urea groups is 1. The van der Waals surface area contributed by atoms with Crippen molar-refractivity contribution in [1.82, 2.24) is 20.4 Å². The van der Waals surface area contributed by atoms with Crippen LogP contribution in [0.15, 0.2) is 36.4 Å². The van der Waals surface area contributed by atoms with Gasteiger partial charge in [0, 0.05) is 19.2 Å². The smallest absolute Gasteiger partial charge is 0.317 e. The molecule has 0 radical (unpaired) electrons. The third-order valence-corrected chi connectivity index (χ3v) is 4.08. The molecule has 6 nitrogen and oxygen atoms in total. The van der Waals surface area contributed by atoms with Crippen molar-refractivity contribution in [2.45, 2.75) is 32.4 Å². The summed E-state index contributed by atoms with van der Waals surface area (Å²) in [6.45, 7) is 3.43. The second-order valence-electron chi connectivity index (χ2n) is 6.13. The fraction of sp³-hybridized carbons (Fsp3) is 0.389. The number of hydrogen-bond acceptors (Lipinski definition) is 4. The van der Waals surface area contributed by atoms with Crippen LogP contribution < -0.4 is 10.1 Å². The average Bonchev–Trinajstić information content (AvgIpc) is 2.63. The van der Waals surface area contributed by atoms with Gasteiger partial charge in [-0.1, -0.05) is 12.1 Å². The van der Waals surface area contributed by atoms with E-state index in [1.165, 1.54) is 12.1 Å². The summed E-state index contributed by atoms with van der Waals surface area (Å²) >= 11 is 0. The zero-order chi connectivity index (χ0) is 17.6. The predicted octanol–water partition coefficient (Wildman–Crippen LogP) is 2.68. The number of likely N-dealkylation sites (tertiary alicyclic amines) is 1. The summed E-state index contributed by atoms with van der Waals surface area (Å²) in [4.78, 5) is 14.1. The Labute approximate surface area is 146 Å². The minimum absolute atomic E-state index is 0.0951. The molecule has 1 aromatic carbocycles. The van der Waals surface area contributed by atoms with Crippen molar-refractivity contribution in [3.8, 4) is 5.88 Å². The molecule has 1 unspecified atom stereocenters. The van der Waals surface area contributed by atoms with Crippen molar-refractivity contribution in [2.75, 3.05) is 13.1 Å². The summed E-state index contributed by atoms with van der Waals surface area (Å²) in [6.07, 6.45) is 1.65. The van der Waals surface area contributed by atoms with Crippen LogP contribution in [-0.2, 0) is 6.54 Å². The molecule has 1 N–H and O–H groups in total. The summed E-state index contributed by atoms with van der Waals surface area (Å²) in [5.41, 5.74) is 1.69. The van der Waals surface area contributed by atoms with Gasteiger partial charge in [-0.05, 0) is 43.5 Å². The van der Waals surface area contributed by atoms with E-state index in [1.54, 1.807) is 23.1 Å². The lowest BCUT2D eigenvalue weighted by atomic mass is 10.1. The molecular weight excluding hydrogens is 323 g/mol. The van der Waals surface area contributed by atoms with Gasteiger partial charge in [-0.2, -0.15) is 5.10 Å². The number of aryl methyl sites for hydroxylation is 1. The van der Waals surface area contributed by atoms with Crippen molar-refractivity contribution < 1.29 is 13.9 Å². The Bertz CT molecular complexity index is 706. The quantitative estimate of drug-likeness (QED) is 0.926. The molecule has 1 aliphatic rings. The highest BCUT2D eigenvalue weighted by atomic mass is 19.1. The lowest BCUT2D eigenvalue weighted by Gasteiger charge is -2.32. The van der Waals surface area contributed by atoms with Crippen molar-refractivity contribution in [1.29, 1.82) is 0 Å². The number of halogens is 1. The van der Waals surface area contributed by atoms with E-state index in [0.29, 0.717) is 25.5 Å². The monoisotopic (exact) mass is 344 g/mol. The molecule has 1 aromatic heterocycles. The second-order valence-corrected chi connectivity index (χ2v) is 6.13. The van der Waals surface area contributed by atoms with Gasteiger partial charge in [0.05, 0.1) is 12.2 Å². The first-order chi connectivity index (χ1) is 12.1. The molecule has 2 aromatic rings. The number of ether oxygens (including phenoxy) is 1. The van der Waals surface area contributed by atoms with E-state index in [2.05, 4.69) is 15.5 Å². The van der Waals surface area contributed by atoms with Gasteiger partial charge in [0.15, 0.2) is 0 Å². The predicted molar refractivity (Wildman–Crippen MR) is 90.6 cm³/mol. The van der Waals surface area contributed by atoms with Crippen molar-refractivity contribution in [2.24, 2.45) is 0 Å². The highest BCUT2D eigenvalue weighted by Crippen LogP contribution is 2.16. The number of rotatable bonds is 4. The molecule has 0 bridgehead atoms. The van der Waals surface area contributed by atoms with Crippen LogP contribution in [-0.4, -0.2) is 40.3 Å². The number of benzene rings is 1. The summed E-state index contributed by atoms with van der Waals surface area (Å²) in [5, 5.41) is 10.8. The molecule has 2 heterocycles. The maximum atomic E-state index is 12.9. The van der Waals surface area contributed by atoms with Crippen LogP contribution in [0.25, 0.3) is 0 Å². The van der Waals surface area contributed by atoms with Crippen LogP contribution in [0, 0.1) is 12.7 Å². The molecule has 0 spiro atoms. The number of amides is 2. The molecular formula is C18H21FN4O2. The highest BCUT2D eigenvalue weighted by Gasteiger charge is 2.25. The van der Waals surface area contributed by atoms with Gasteiger partial charge >= 0.3 is 6.03 Å². The summed E-state index contributed by atoms with van der Waals surface area (Å²) < 4.78 is 18.7. The Balaban J connectivity index is 1.50. The molecule has 1 saturated heterocycles. The molecule has 1 aliphatic heterocycles.